The Labute approximate surface area is 242 Å². The van der Waals surface area contributed by atoms with Crippen molar-refractivity contribution in [3.63, 3.8) is 0 Å². The molecule has 1 heterocycles. The van der Waals surface area contributed by atoms with Crippen molar-refractivity contribution >= 4 is 57.6 Å². The number of benzene rings is 2. The zero-order chi connectivity index (χ0) is 29.6. The third-order valence-corrected chi connectivity index (χ3v) is 7.14. The topological polar surface area (TPSA) is 149 Å². The summed E-state index contributed by atoms with van der Waals surface area (Å²) in [5.74, 6) is -0.522. The third kappa shape index (κ3) is 10.2. The largest absolute Gasteiger partial charge is 0.493 e. The summed E-state index contributed by atoms with van der Waals surface area (Å²) in [6, 6.07) is 11.1. The quantitative estimate of drug-likeness (QED) is 0.152. The van der Waals surface area contributed by atoms with Crippen LogP contribution in [0.2, 0.25) is 0 Å². The zero-order valence-corrected chi connectivity index (χ0v) is 24.0. The van der Waals surface area contributed by atoms with Gasteiger partial charge in [-0.2, -0.15) is 0 Å². The summed E-state index contributed by atoms with van der Waals surface area (Å²) in [6.07, 6.45) is 3.97. The van der Waals surface area contributed by atoms with E-state index < -0.39 is 5.91 Å². The number of ether oxygens (including phenoxy) is 3. The Kier molecular flexibility index (Phi) is 12.6. The number of amides is 3. The van der Waals surface area contributed by atoms with E-state index in [0.29, 0.717) is 56.0 Å². The summed E-state index contributed by atoms with van der Waals surface area (Å²) < 4.78 is 15.3. The number of rotatable bonds is 16. The van der Waals surface area contributed by atoms with Crippen LogP contribution < -0.4 is 20.7 Å². The minimum absolute atomic E-state index is 0.0841. The molecular weight excluding hydrogens is 550 g/mol. The van der Waals surface area contributed by atoms with Gasteiger partial charge in [0.25, 0.3) is 11.1 Å². The Morgan fingerprint density at radius 3 is 2.41 bits per heavy atom. The maximum atomic E-state index is 12.3. The number of carbonyl (C=O) groups is 5. The number of esters is 2. The second-order valence-electron chi connectivity index (χ2n) is 9.25. The van der Waals surface area contributed by atoms with Gasteiger partial charge in [-0.15, -0.1) is 0 Å². The molecule has 1 saturated heterocycles. The summed E-state index contributed by atoms with van der Waals surface area (Å²) in [4.78, 5) is 59.0. The van der Waals surface area contributed by atoms with Crippen molar-refractivity contribution in [2.24, 2.45) is 0 Å². The molecule has 12 heteroatoms. The molecule has 3 N–H and O–H groups in total. The van der Waals surface area contributed by atoms with Crippen LogP contribution in [0.1, 0.15) is 44.1 Å². The van der Waals surface area contributed by atoms with Gasteiger partial charge in [0.2, 0.25) is 5.91 Å². The minimum atomic E-state index is -0.405. The van der Waals surface area contributed by atoms with Gasteiger partial charge in [0, 0.05) is 30.8 Å². The van der Waals surface area contributed by atoms with Gasteiger partial charge in [0.05, 0.1) is 32.2 Å². The maximum Gasteiger partial charge on any atom is 0.307 e. The number of carbonyl (C=O) groups excluding carboxylic acids is 5. The molecule has 0 radical (unpaired) electrons. The first-order chi connectivity index (χ1) is 19.8. The van der Waals surface area contributed by atoms with Crippen molar-refractivity contribution < 1.29 is 38.2 Å². The molecule has 2 aromatic carbocycles. The van der Waals surface area contributed by atoms with Crippen LogP contribution in [0.3, 0.4) is 0 Å². The van der Waals surface area contributed by atoms with E-state index in [2.05, 4.69) is 20.7 Å². The first-order valence-electron chi connectivity index (χ1n) is 13.3. The van der Waals surface area contributed by atoms with E-state index in [-0.39, 0.29) is 42.0 Å². The lowest BCUT2D eigenvalue weighted by Crippen LogP contribution is -2.35. The average Bonchev–Trinajstić information content (AvgIpc) is 3.29. The molecule has 0 bridgehead atoms. The van der Waals surface area contributed by atoms with Crippen LogP contribution in [0.4, 0.5) is 4.79 Å². The van der Waals surface area contributed by atoms with Crippen LogP contribution in [0.15, 0.2) is 41.3 Å². The fourth-order valence-electron chi connectivity index (χ4n) is 4.19. The van der Waals surface area contributed by atoms with Gasteiger partial charge in [0.1, 0.15) is 5.75 Å². The molecular formula is C29H35N3O8S. The molecule has 0 spiro atoms. The van der Waals surface area contributed by atoms with Crippen LogP contribution in [0.5, 0.6) is 5.75 Å². The van der Waals surface area contributed by atoms with Crippen LogP contribution >= 0.6 is 11.8 Å². The molecule has 41 heavy (non-hydrogen) atoms. The van der Waals surface area contributed by atoms with Gasteiger partial charge < -0.3 is 24.8 Å². The van der Waals surface area contributed by atoms with Crippen LogP contribution in [0.25, 0.3) is 16.8 Å². The highest BCUT2D eigenvalue weighted by Crippen LogP contribution is 2.32. The number of nitrogens with one attached hydrogen (secondary N) is 3. The van der Waals surface area contributed by atoms with Gasteiger partial charge in [0.15, 0.2) is 0 Å². The number of methoxy groups -OCH3 is 2. The third-order valence-electron chi connectivity index (χ3n) is 6.33. The van der Waals surface area contributed by atoms with E-state index in [0.717, 1.165) is 28.1 Å². The van der Waals surface area contributed by atoms with Gasteiger partial charge in [-0.3, -0.25) is 29.3 Å². The van der Waals surface area contributed by atoms with Crippen molar-refractivity contribution in [3.8, 4) is 5.75 Å². The Balaban J connectivity index is 1.39. The predicted octanol–water partition coefficient (Wildman–Crippen LogP) is 3.30. The summed E-state index contributed by atoms with van der Waals surface area (Å²) in [5.41, 5.74) is 0.800. The van der Waals surface area contributed by atoms with E-state index >= 15 is 0 Å². The number of fused-ring (bicyclic) bond motifs is 1. The second-order valence-corrected chi connectivity index (χ2v) is 10.3. The SMILES string of the molecule is COC(=O)CCC(CC(=O)OC)NCCCNC(=O)CCCOc1ccc(/C=C2\SC(=O)NC2=O)c2ccccc12. The normalized spacial score (nSPS) is 14.5. The summed E-state index contributed by atoms with van der Waals surface area (Å²) >= 11 is 0.873. The first kappa shape index (κ1) is 31.6. The Morgan fingerprint density at radius 1 is 0.951 bits per heavy atom. The monoisotopic (exact) mass is 585 g/mol. The summed E-state index contributed by atoms with van der Waals surface area (Å²) in [5, 5.41) is 9.73. The number of hydrogen-bond donors (Lipinski definition) is 3. The molecule has 1 aliphatic rings. The molecule has 0 aromatic heterocycles. The van der Waals surface area contributed by atoms with E-state index in [1.54, 1.807) is 6.08 Å². The number of hydrogen-bond acceptors (Lipinski definition) is 10. The van der Waals surface area contributed by atoms with Crippen molar-refractivity contribution in [3.05, 3.63) is 46.9 Å². The molecule has 220 valence electrons. The maximum absolute atomic E-state index is 12.3. The molecule has 0 aliphatic carbocycles. The fraction of sp³-hybridized carbons (Fsp3) is 0.414. The molecule has 1 unspecified atom stereocenters. The van der Waals surface area contributed by atoms with Gasteiger partial charge >= 0.3 is 11.9 Å². The van der Waals surface area contributed by atoms with Crippen LogP contribution in [-0.2, 0) is 28.7 Å². The minimum Gasteiger partial charge on any atom is -0.493 e. The Hall–Kier alpha value is -3.90. The van der Waals surface area contributed by atoms with E-state index in [9.17, 15) is 24.0 Å². The average molecular weight is 586 g/mol. The van der Waals surface area contributed by atoms with E-state index in [4.69, 9.17) is 9.47 Å². The highest BCUT2D eigenvalue weighted by molar-refractivity contribution is 8.18. The van der Waals surface area contributed by atoms with E-state index in [1.807, 2.05) is 36.4 Å². The standard InChI is InChI=1S/C29H35N3O8S/c1-38-26(34)13-11-20(18-27(35)39-2)30-14-6-15-31-25(33)9-5-16-40-23-12-10-19(21-7-3-4-8-22(21)23)17-24-28(36)32-29(37)41-24/h3-4,7-8,10,12,17,20,30H,5-6,9,11,13-16,18H2,1-2H3,(H,31,33)(H,32,36,37)/b24-17-. The second kappa shape index (κ2) is 16.4. The first-order valence-corrected chi connectivity index (χ1v) is 14.2. The highest BCUT2D eigenvalue weighted by Gasteiger charge is 2.25. The van der Waals surface area contributed by atoms with Crippen molar-refractivity contribution in [2.45, 2.75) is 44.6 Å². The van der Waals surface area contributed by atoms with Crippen molar-refractivity contribution in [2.75, 3.05) is 33.9 Å². The van der Waals surface area contributed by atoms with Gasteiger partial charge in [-0.1, -0.05) is 30.3 Å². The smallest absolute Gasteiger partial charge is 0.307 e. The molecule has 1 atom stereocenters. The molecule has 0 saturated carbocycles. The lowest BCUT2D eigenvalue weighted by molar-refractivity contribution is -0.143. The van der Waals surface area contributed by atoms with Gasteiger partial charge in [-0.25, -0.2) is 0 Å². The summed E-state index contributed by atoms with van der Waals surface area (Å²) in [6.45, 7) is 1.38. The molecule has 1 aliphatic heterocycles. The molecule has 1 fully saturated rings. The molecule has 2 aromatic rings. The summed E-state index contributed by atoms with van der Waals surface area (Å²) in [7, 11) is 2.64. The van der Waals surface area contributed by atoms with Crippen LogP contribution in [0, 0.1) is 0 Å². The van der Waals surface area contributed by atoms with Crippen molar-refractivity contribution in [1.29, 1.82) is 0 Å². The molecule has 11 nitrogen and oxygen atoms in total. The molecule has 3 amide bonds. The lowest BCUT2D eigenvalue weighted by Gasteiger charge is -2.17. The van der Waals surface area contributed by atoms with E-state index in [1.165, 1.54) is 14.2 Å². The fourth-order valence-corrected chi connectivity index (χ4v) is 4.86. The highest BCUT2D eigenvalue weighted by atomic mass is 32.2. The zero-order valence-electron chi connectivity index (χ0n) is 23.2. The van der Waals surface area contributed by atoms with Crippen LogP contribution in [-0.4, -0.2) is 69.0 Å². The lowest BCUT2D eigenvalue weighted by atomic mass is 10.0. The molecule has 3 rings (SSSR count). The number of thioether (sulfide) groups is 1. The Morgan fingerprint density at radius 2 is 1.71 bits per heavy atom. The predicted molar refractivity (Wildman–Crippen MR) is 155 cm³/mol. The van der Waals surface area contributed by atoms with Gasteiger partial charge in [-0.05, 0) is 60.7 Å². The van der Waals surface area contributed by atoms with Crippen molar-refractivity contribution in [1.82, 2.24) is 16.0 Å². The Bertz CT molecular complexity index is 1300. The number of imide groups is 1.